The van der Waals surface area contributed by atoms with Crippen molar-refractivity contribution in [2.45, 2.75) is 49.8 Å². The number of nitrogens with zero attached hydrogens (tertiary/aromatic N) is 3. The Morgan fingerprint density at radius 3 is 2.28 bits per heavy atom. The third-order valence-corrected chi connectivity index (χ3v) is 8.16. The molecule has 1 aromatic heterocycles. The van der Waals surface area contributed by atoms with Crippen molar-refractivity contribution < 1.29 is 18.0 Å². The van der Waals surface area contributed by atoms with Crippen LogP contribution in [-0.2, 0) is 14.8 Å². The first-order chi connectivity index (χ1) is 14.0. The summed E-state index contributed by atoms with van der Waals surface area (Å²) < 4.78 is 27.7. The Morgan fingerprint density at radius 2 is 1.55 bits per heavy atom. The SMILES string of the molecule is O=C(c1cc(S(=O)(=O)N2CCC[C@H](C(=O)N3CCCCC3)C2)c[nH]1)N1CCCC1. The van der Waals surface area contributed by atoms with E-state index in [1.54, 1.807) is 4.90 Å². The Labute approximate surface area is 172 Å². The van der Waals surface area contributed by atoms with Crippen molar-refractivity contribution in [3.05, 3.63) is 18.0 Å². The van der Waals surface area contributed by atoms with Crippen LogP contribution in [0.25, 0.3) is 0 Å². The molecule has 0 saturated carbocycles. The first-order valence-corrected chi connectivity index (χ1v) is 12.2. The van der Waals surface area contributed by atoms with E-state index in [9.17, 15) is 18.0 Å². The Bertz CT molecular complexity index is 854. The molecule has 0 spiro atoms. The molecule has 1 aromatic rings. The number of H-pyrrole nitrogens is 1. The van der Waals surface area contributed by atoms with Gasteiger partial charge in [0.25, 0.3) is 5.91 Å². The molecule has 3 aliphatic heterocycles. The van der Waals surface area contributed by atoms with Gasteiger partial charge in [0.2, 0.25) is 15.9 Å². The van der Waals surface area contributed by atoms with E-state index in [1.807, 2.05) is 4.90 Å². The Balaban J connectivity index is 1.45. The molecule has 1 atom stereocenters. The fourth-order valence-electron chi connectivity index (χ4n) is 4.62. The van der Waals surface area contributed by atoms with Gasteiger partial charge >= 0.3 is 0 Å². The summed E-state index contributed by atoms with van der Waals surface area (Å²) in [5.41, 5.74) is 0.309. The normalized spacial score (nSPS) is 24.1. The van der Waals surface area contributed by atoms with Crippen LogP contribution in [0.15, 0.2) is 17.2 Å². The van der Waals surface area contributed by atoms with Crippen LogP contribution < -0.4 is 0 Å². The Hall–Kier alpha value is -1.87. The van der Waals surface area contributed by atoms with Crippen LogP contribution in [0.1, 0.15) is 55.4 Å². The van der Waals surface area contributed by atoms with Gasteiger partial charge in [0, 0.05) is 45.5 Å². The average molecular weight is 423 g/mol. The molecular formula is C20H30N4O4S. The zero-order chi connectivity index (χ0) is 20.4. The van der Waals surface area contributed by atoms with E-state index in [-0.39, 0.29) is 29.2 Å². The van der Waals surface area contributed by atoms with E-state index < -0.39 is 10.0 Å². The highest BCUT2D eigenvalue weighted by Crippen LogP contribution is 2.27. The predicted octanol–water partition coefficient (Wildman–Crippen LogP) is 1.66. The van der Waals surface area contributed by atoms with Crippen LogP contribution in [0.4, 0.5) is 0 Å². The van der Waals surface area contributed by atoms with Crippen LogP contribution >= 0.6 is 0 Å². The lowest BCUT2D eigenvalue weighted by Crippen LogP contribution is -2.47. The molecule has 29 heavy (non-hydrogen) atoms. The molecule has 3 fully saturated rings. The molecule has 0 bridgehead atoms. The van der Waals surface area contributed by atoms with Gasteiger partial charge in [-0.05, 0) is 51.0 Å². The summed E-state index contributed by atoms with van der Waals surface area (Å²) in [6.45, 7) is 3.62. The summed E-state index contributed by atoms with van der Waals surface area (Å²) >= 11 is 0. The van der Waals surface area contributed by atoms with E-state index in [4.69, 9.17) is 0 Å². The first-order valence-electron chi connectivity index (χ1n) is 10.7. The third-order valence-electron chi connectivity index (χ3n) is 6.32. The molecule has 3 saturated heterocycles. The van der Waals surface area contributed by atoms with Gasteiger partial charge in [-0.25, -0.2) is 8.42 Å². The zero-order valence-corrected chi connectivity index (χ0v) is 17.6. The van der Waals surface area contributed by atoms with Crippen molar-refractivity contribution in [1.29, 1.82) is 0 Å². The second-order valence-corrected chi connectivity index (χ2v) is 10.3. The minimum Gasteiger partial charge on any atom is -0.356 e. The van der Waals surface area contributed by atoms with Gasteiger partial charge < -0.3 is 14.8 Å². The maximum absolute atomic E-state index is 13.1. The van der Waals surface area contributed by atoms with Gasteiger partial charge in [0.1, 0.15) is 10.6 Å². The number of carbonyl (C=O) groups excluding carboxylic acids is 2. The van der Waals surface area contributed by atoms with Crippen LogP contribution in [0.2, 0.25) is 0 Å². The van der Waals surface area contributed by atoms with Crippen LogP contribution in [0.5, 0.6) is 0 Å². The van der Waals surface area contributed by atoms with E-state index in [2.05, 4.69) is 4.98 Å². The second kappa shape index (κ2) is 8.47. The molecule has 0 radical (unpaired) electrons. The van der Waals surface area contributed by atoms with E-state index in [1.165, 1.54) is 16.6 Å². The molecule has 4 rings (SSSR count). The van der Waals surface area contributed by atoms with Gasteiger partial charge in [-0.3, -0.25) is 9.59 Å². The Kier molecular flexibility index (Phi) is 5.96. The molecule has 8 nitrogen and oxygen atoms in total. The van der Waals surface area contributed by atoms with E-state index >= 15 is 0 Å². The fraction of sp³-hybridized carbons (Fsp3) is 0.700. The number of aromatic amines is 1. The number of carbonyl (C=O) groups is 2. The van der Waals surface area contributed by atoms with E-state index in [0.29, 0.717) is 31.7 Å². The molecule has 0 aromatic carbocycles. The average Bonchev–Trinajstić information content (AvgIpc) is 3.46. The largest absolute Gasteiger partial charge is 0.356 e. The summed E-state index contributed by atoms with van der Waals surface area (Å²) in [7, 11) is -3.73. The monoisotopic (exact) mass is 422 g/mol. The lowest BCUT2D eigenvalue weighted by Gasteiger charge is -2.35. The van der Waals surface area contributed by atoms with Crippen molar-refractivity contribution in [3.8, 4) is 0 Å². The van der Waals surface area contributed by atoms with Gasteiger partial charge in [-0.2, -0.15) is 4.31 Å². The highest BCUT2D eigenvalue weighted by Gasteiger charge is 2.36. The highest BCUT2D eigenvalue weighted by molar-refractivity contribution is 7.89. The van der Waals surface area contributed by atoms with Crippen molar-refractivity contribution >= 4 is 21.8 Å². The maximum atomic E-state index is 13.1. The minimum atomic E-state index is -3.73. The number of likely N-dealkylation sites (tertiary alicyclic amines) is 2. The molecule has 0 unspecified atom stereocenters. The van der Waals surface area contributed by atoms with Crippen molar-refractivity contribution in [1.82, 2.24) is 19.1 Å². The smallest absolute Gasteiger partial charge is 0.270 e. The number of piperidine rings is 2. The highest BCUT2D eigenvalue weighted by atomic mass is 32.2. The maximum Gasteiger partial charge on any atom is 0.270 e. The second-order valence-electron chi connectivity index (χ2n) is 8.34. The van der Waals surface area contributed by atoms with Gasteiger partial charge in [0.05, 0.1) is 5.92 Å². The minimum absolute atomic E-state index is 0.0866. The topological polar surface area (TPSA) is 93.8 Å². The number of hydrogen-bond acceptors (Lipinski definition) is 4. The lowest BCUT2D eigenvalue weighted by atomic mass is 9.97. The quantitative estimate of drug-likeness (QED) is 0.799. The summed E-state index contributed by atoms with van der Waals surface area (Å²) in [5, 5.41) is 0. The van der Waals surface area contributed by atoms with Crippen molar-refractivity contribution in [2.24, 2.45) is 5.92 Å². The van der Waals surface area contributed by atoms with Gasteiger partial charge in [-0.1, -0.05) is 0 Å². The molecule has 0 aliphatic carbocycles. The standard InChI is InChI=1S/C20H30N4O4S/c25-19(22-8-2-1-3-9-22)16-7-6-12-24(15-16)29(27,28)17-13-18(21-14-17)20(26)23-10-4-5-11-23/h13-14,16,21H,1-12,15H2/t16-/m0/s1. The molecule has 4 heterocycles. The van der Waals surface area contributed by atoms with Crippen LogP contribution in [0.3, 0.4) is 0 Å². The summed E-state index contributed by atoms with van der Waals surface area (Å²) in [6, 6.07) is 1.44. The lowest BCUT2D eigenvalue weighted by molar-refractivity contribution is -0.137. The fourth-order valence-corrected chi connectivity index (χ4v) is 6.14. The van der Waals surface area contributed by atoms with E-state index in [0.717, 1.165) is 51.6 Å². The van der Waals surface area contributed by atoms with Crippen LogP contribution in [0, 0.1) is 5.92 Å². The number of sulfonamides is 1. The number of amides is 2. The number of hydrogen-bond donors (Lipinski definition) is 1. The third kappa shape index (κ3) is 4.21. The van der Waals surface area contributed by atoms with Crippen LogP contribution in [-0.4, -0.2) is 78.6 Å². The molecule has 1 N–H and O–H groups in total. The molecule has 2 amide bonds. The summed E-state index contributed by atoms with van der Waals surface area (Å²) in [4.78, 5) is 32.0. The summed E-state index contributed by atoms with van der Waals surface area (Å²) in [6.07, 6.45) is 7.97. The van der Waals surface area contributed by atoms with Gasteiger partial charge in [0.15, 0.2) is 0 Å². The van der Waals surface area contributed by atoms with Crippen molar-refractivity contribution in [3.63, 3.8) is 0 Å². The first kappa shape index (κ1) is 20.4. The number of aromatic nitrogens is 1. The molecule has 3 aliphatic rings. The van der Waals surface area contributed by atoms with Crippen molar-refractivity contribution in [2.75, 3.05) is 39.3 Å². The summed E-state index contributed by atoms with van der Waals surface area (Å²) in [5.74, 6) is -0.342. The molecule has 160 valence electrons. The predicted molar refractivity (Wildman–Crippen MR) is 108 cm³/mol. The van der Waals surface area contributed by atoms with Gasteiger partial charge in [-0.15, -0.1) is 0 Å². The Morgan fingerprint density at radius 1 is 0.897 bits per heavy atom. The molecular weight excluding hydrogens is 392 g/mol. The number of rotatable bonds is 4. The number of nitrogens with one attached hydrogen (secondary N) is 1. The molecule has 9 heteroatoms. The zero-order valence-electron chi connectivity index (χ0n) is 16.8.